The first-order valence-corrected chi connectivity index (χ1v) is 15.2. The molecule has 1 fully saturated rings. The van der Waals surface area contributed by atoms with Crippen LogP contribution in [0.2, 0.25) is 0 Å². The van der Waals surface area contributed by atoms with Crippen molar-refractivity contribution in [2.45, 2.75) is 77.9 Å². The summed E-state index contributed by atoms with van der Waals surface area (Å²) in [6.07, 6.45) is 3.47. The Morgan fingerprint density at radius 3 is 2.21 bits per heavy atom. The van der Waals surface area contributed by atoms with Crippen molar-refractivity contribution in [3.05, 3.63) is 96.2 Å². The van der Waals surface area contributed by atoms with Crippen molar-refractivity contribution in [2.75, 3.05) is 6.54 Å². The average molecular weight is 576 g/mol. The number of nitrogens with zero attached hydrogens (tertiary/aromatic N) is 3. The number of unbranched alkanes of at least 4 members (excludes halogenated alkanes) is 1. The number of hydrogen-bond donors (Lipinski definition) is 0. The molecule has 1 aliphatic carbocycles. The van der Waals surface area contributed by atoms with E-state index in [-0.39, 0.29) is 5.75 Å². The fourth-order valence-electron chi connectivity index (χ4n) is 6.07. The topological polar surface area (TPSA) is 30.3 Å². The van der Waals surface area contributed by atoms with Crippen molar-refractivity contribution in [1.82, 2.24) is 14.5 Å². The van der Waals surface area contributed by atoms with Gasteiger partial charge in [-0.25, -0.2) is 4.98 Å². The van der Waals surface area contributed by atoms with Gasteiger partial charge in [0.1, 0.15) is 11.6 Å². The van der Waals surface area contributed by atoms with Crippen LogP contribution in [0.4, 0.5) is 13.2 Å². The van der Waals surface area contributed by atoms with Crippen LogP contribution >= 0.6 is 0 Å². The van der Waals surface area contributed by atoms with Gasteiger partial charge in [-0.1, -0.05) is 105 Å². The molecule has 0 atom stereocenters. The minimum absolute atomic E-state index is 0.179. The van der Waals surface area contributed by atoms with Crippen molar-refractivity contribution in [1.29, 1.82) is 0 Å². The molecule has 42 heavy (non-hydrogen) atoms. The lowest BCUT2D eigenvalue weighted by Gasteiger charge is -2.30. The number of benzene rings is 3. The number of aromatic nitrogens is 2. The number of hydrogen-bond acceptors (Lipinski definition) is 3. The zero-order chi connectivity index (χ0) is 29.4. The highest BCUT2D eigenvalue weighted by Gasteiger charge is 2.31. The Morgan fingerprint density at radius 2 is 1.55 bits per heavy atom. The summed E-state index contributed by atoms with van der Waals surface area (Å²) >= 11 is 0. The van der Waals surface area contributed by atoms with E-state index in [1.165, 1.54) is 44.2 Å². The Hall–Kier alpha value is -3.58. The molecule has 0 N–H and O–H groups in total. The summed E-state index contributed by atoms with van der Waals surface area (Å²) in [5.74, 6) is 1.34. The molecule has 1 saturated carbocycles. The number of halogens is 3. The smallest absolute Gasteiger partial charge is 0.406 e. The van der Waals surface area contributed by atoms with Crippen LogP contribution in [-0.2, 0) is 19.6 Å². The Bertz CT molecular complexity index is 1400. The van der Waals surface area contributed by atoms with Gasteiger partial charge in [0.05, 0.1) is 11.4 Å². The average Bonchev–Trinajstić information content (AvgIpc) is 3.34. The van der Waals surface area contributed by atoms with Crippen molar-refractivity contribution in [2.24, 2.45) is 5.92 Å². The molecule has 0 radical (unpaired) electrons. The maximum atomic E-state index is 13.0. The van der Waals surface area contributed by atoms with Crippen LogP contribution in [-0.4, -0.2) is 27.4 Å². The molecule has 0 saturated heterocycles. The standard InChI is InChI=1S/C35H40F3N3O/c1-2-3-22-41-32(33(29-17-9-5-10-18-29)39-34(41)30-19-11-6-12-20-30)26-40(24-27-14-7-4-8-15-27)25-28-16-13-21-31(23-28)42-35(36,37)38/h5-6,9-13,16-21,23,27H,2-4,7-8,14-15,22,24-26H2,1H3. The molecule has 222 valence electrons. The van der Waals surface area contributed by atoms with Crippen LogP contribution in [0.15, 0.2) is 84.9 Å². The highest BCUT2D eigenvalue weighted by atomic mass is 19.4. The molecule has 4 aromatic rings. The monoisotopic (exact) mass is 575 g/mol. The molecule has 0 bridgehead atoms. The largest absolute Gasteiger partial charge is 0.573 e. The highest BCUT2D eigenvalue weighted by Crippen LogP contribution is 2.33. The molecule has 0 unspecified atom stereocenters. The first-order valence-electron chi connectivity index (χ1n) is 15.2. The first kappa shape index (κ1) is 29.9. The molecule has 1 aromatic heterocycles. The molecule has 0 amide bonds. The van der Waals surface area contributed by atoms with Crippen LogP contribution in [0.1, 0.15) is 63.1 Å². The third kappa shape index (κ3) is 8.03. The minimum Gasteiger partial charge on any atom is -0.406 e. The quantitative estimate of drug-likeness (QED) is 0.169. The zero-order valence-corrected chi connectivity index (χ0v) is 24.3. The Morgan fingerprint density at radius 1 is 0.857 bits per heavy atom. The van der Waals surface area contributed by atoms with Gasteiger partial charge < -0.3 is 9.30 Å². The number of alkyl halides is 3. The van der Waals surface area contributed by atoms with Gasteiger partial charge in [0.25, 0.3) is 0 Å². The second-order valence-electron chi connectivity index (χ2n) is 11.3. The van der Waals surface area contributed by atoms with E-state index in [0.717, 1.165) is 59.8 Å². The summed E-state index contributed by atoms with van der Waals surface area (Å²) < 4.78 is 45.6. The summed E-state index contributed by atoms with van der Waals surface area (Å²) in [4.78, 5) is 7.66. The highest BCUT2D eigenvalue weighted by molar-refractivity contribution is 5.68. The predicted octanol–water partition coefficient (Wildman–Crippen LogP) is 9.50. The third-order valence-corrected chi connectivity index (χ3v) is 8.04. The van der Waals surface area contributed by atoms with Gasteiger partial charge in [0.15, 0.2) is 0 Å². The van der Waals surface area contributed by atoms with E-state index in [9.17, 15) is 13.2 Å². The van der Waals surface area contributed by atoms with Gasteiger partial charge in [0.2, 0.25) is 0 Å². The van der Waals surface area contributed by atoms with E-state index < -0.39 is 6.36 Å². The molecule has 1 aliphatic rings. The van der Waals surface area contributed by atoms with Gasteiger partial charge in [0, 0.05) is 37.3 Å². The molecule has 7 heteroatoms. The molecular formula is C35H40F3N3O. The van der Waals surface area contributed by atoms with Crippen LogP contribution in [0.25, 0.3) is 22.6 Å². The normalized spacial score (nSPS) is 14.4. The molecular weight excluding hydrogens is 535 g/mol. The van der Waals surface area contributed by atoms with Gasteiger partial charge in [-0.15, -0.1) is 13.2 Å². The van der Waals surface area contributed by atoms with Crippen molar-refractivity contribution in [3.8, 4) is 28.4 Å². The summed E-state index contributed by atoms with van der Waals surface area (Å²) in [6.45, 7) is 5.11. The summed E-state index contributed by atoms with van der Waals surface area (Å²) in [5, 5.41) is 0. The van der Waals surface area contributed by atoms with Crippen molar-refractivity contribution >= 4 is 0 Å². The lowest BCUT2D eigenvalue weighted by atomic mass is 9.89. The van der Waals surface area contributed by atoms with Crippen LogP contribution in [0, 0.1) is 5.92 Å². The molecule has 1 heterocycles. The zero-order valence-electron chi connectivity index (χ0n) is 24.3. The molecule has 4 nitrogen and oxygen atoms in total. The third-order valence-electron chi connectivity index (χ3n) is 8.04. The predicted molar refractivity (Wildman–Crippen MR) is 162 cm³/mol. The van der Waals surface area contributed by atoms with E-state index in [4.69, 9.17) is 4.98 Å². The van der Waals surface area contributed by atoms with Gasteiger partial charge in [-0.2, -0.15) is 0 Å². The lowest BCUT2D eigenvalue weighted by Crippen LogP contribution is -2.31. The van der Waals surface area contributed by atoms with Crippen LogP contribution in [0.5, 0.6) is 5.75 Å². The van der Waals surface area contributed by atoms with Crippen molar-refractivity contribution < 1.29 is 17.9 Å². The summed E-state index contributed by atoms with van der Waals surface area (Å²) in [6, 6.07) is 27.0. The van der Waals surface area contributed by atoms with E-state index in [1.54, 1.807) is 6.07 Å². The van der Waals surface area contributed by atoms with Crippen LogP contribution < -0.4 is 4.74 Å². The van der Waals surface area contributed by atoms with E-state index in [1.807, 2.05) is 42.5 Å². The summed E-state index contributed by atoms with van der Waals surface area (Å²) in [5.41, 5.74) is 5.06. The first-order chi connectivity index (χ1) is 20.4. The Labute approximate surface area is 247 Å². The SMILES string of the molecule is CCCCn1c(-c2ccccc2)nc(-c2ccccc2)c1CN(Cc1cccc(OC(F)(F)F)c1)CC1CCCCC1. The fourth-order valence-corrected chi connectivity index (χ4v) is 6.07. The molecule has 0 spiro atoms. The minimum atomic E-state index is -4.72. The summed E-state index contributed by atoms with van der Waals surface area (Å²) in [7, 11) is 0. The van der Waals surface area contributed by atoms with E-state index in [2.05, 4.69) is 45.4 Å². The van der Waals surface area contributed by atoms with E-state index in [0.29, 0.717) is 19.0 Å². The number of rotatable bonds is 12. The molecule has 0 aliphatic heterocycles. The molecule has 3 aromatic carbocycles. The number of imidazole rings is 1. The maximum Gasteiger partial charge on any atom is 0.573 e. The maximum absolute atomic E-state index is 13.0. The van der Waals surface area contributed by atoms with Crippen LogP contribution in [0.3, 0.4) is 0 Å². The van der Waals surface area contributed by atoms with E-state index >= 15 is 0 Å². The Kier molecular flexibility index (Phi) is 10.0. The number of ether oxygens (including phenoxy) is 1. The van der Waals surface area contributed by atoms with Crippen molar-refractivity contribution in [3.63, 3.8) is 0 Å². The fraction of sp³-hybridized carbons (Fsp3) is 0.400. The second kappa shape index (κ2) is 14.1. The van der Waals surface area contributed by atoms with Gasteiger partial charge in [-0.3, -0.25) is 4.90 Å². The lowest BCUT2D eigenvalue weighted by molar-refractivity contribution is -0.274. The second-order valence-corrected chi connectivity index (χ2v) is 11.3. The molecule has 5 rings (SSSR count). The Balaban J connectivity index is 1.55. The van der Waals surface area contributed by atoms with Gasteiger partial charge in [-0.05, 0) is 42.9 Å². The van der Waals surface area contributed by atoms with Gasteiger partial charge >= 0.3 is 6.36 Å².